The van der Waals surface area contributed by atoms with E-state index in [9.17, 15) is 0 Å². The Kier molecular flexibility index (Phi) is 3.39. The van der Waals surface area contributed by atoms with Gasteiger partial charge >= 0.3 is 0 Å². The van der Waals surface area contributed by atoms with Gasteiger partial charge in [-0.3, -0.25) is 0 Å². The summed E-state index contributed by atoms with van der Waals surface area (Å²) < 4.78 is 1.13. The van der Waals surface area contributed by atoms with Crippen LogP contribution in [0.4, 0.5) is 0 Å². The van der Waals surface area contributed by atoms with Gasteiger partial charge in [0.1, 0.15) is 0 Å². The fourth-order valence-electron chi connectivity index (χ4n) is 3.38. The van der Waals surface area contributed by atoms with Gasteiger partial charge in [0.25, 0.3) is 0 Å². The highest BCUT2D eigenvalue weighted by Gasteiger charge is 2.29. The van der Waals surface area contributed by atoms with E-state index in [2.05, 4.69) is 96.1 Å². The third-order valence-electron chi connectivity index (χ3n) is 4.36. The maximum Gasteiger partial charge on any atom is 0.0352 e. The second kappa shape index (κ2) is 5.29. The molecule has 0 radical (unpaired) electrons. The summed E-state index contributed by atoms with van der Waals surface area (Å²) in [7, 11) is 0. The van der Waals surface area contributed by atoms with Gasteiger partial charge in [-0.2, -0.15) is 0 Å². The molecule has 0 spiro atoms. The number of benzene rings is 3. The van der Waals surface area contributed by atoms with Crippen LogP contribution in [-0.4, -0.2) is 0 Å². The first-order chi connectivity index (χ1) is 10.6. The highest BCUT2D eigenvalue weighted by molar-refractivity contribution is 9.10. The number of hydrogen-bond acceptors (Lipinski definition) is 1. The maximum absolute atomic E-state index is 4.41. The first-order valence-electron chi connectivity index (χ1n) is 7.33. The molecule has 1 aliphatic carbocycles. The SMILES string of the molecule is Cc1ccc2c(c1)C(c1ccc(S)cc1)c1cc(Br)ccc1-2. The van der Waals surface area contributed by atoms with E-state index in [1.807, 2.05) is 0 Å². The first kappa shape index (κ1) is 14.1. The summed E-state index contributed by atoms with van der Waals surface area (Å²) >= 11 is 8.03. The smallest absolute Gasteiger partial charge is 0.0352 e. The van der Waals surface area contributed by atoms with Gasteiger partial charge in [-0.05, 0) is 59.0 Å². The van der Waals surface area contributed by atoms with Crippen molar-refractivity contribution in [3.63, 3.8) is 0 Å². The zero-order valence-electron chi connectivity index (χ0n) is 12.2. The van der Waals surface area contributed by atoms with E-state index in [1.54, 1.807) is 0 Å². The van der Waals surface area contributed by atoms with Gasteiger partial charge in [-0.1, -0.05) is 57.9 Å². The van der Waals surface area contributed by atoms with E-state index in [-0.39, 0.29) is 0 Å². The normalized spacial score (nSPS) is 15.5. The van der Waals surface area contributed by atoms with E-state index in [1.165, 1.54) is 33.4 Å². The zero-order valence-corrected chi connectivity index (χ0v) is 14.7. The topological polar surface area (TPSA) is 0 Å². The van der Waals surface area contributed by atoms with Crippen LogP contribution in [0.25, 0.3) is 11.1 Å². The average molecular weight is 367 g/mol. The highest BCUT2D eigenvalue weighted by Crippen LogP contribution is 2.49. The molecule has 1 unspecified atom stereocenters. The van der Waals surface area contributed by atoms with Crippen molar-refractivity contribution in [2.24, 2.45) is 0 Å². The highest BCUT2D eigenvalue weighted by atomic mass is 79.9. The van der Waals surface area contributed by atoms with Crippen molar-refractivity contribution in [1.29, 1.82) is 0 Å². The van der Waals surface area contributed by atoms with Crippen molar-refractivity contribution in [2.75, 3.05) is 0 Å². The average Bonchev–Trinajstić information content (AvgIpc) is 2.80. The first-order valence-corrected chi connectivity index (χ1v) is 8.57. The number of rotatable bonds is 1. The van der Waals surface area contributed by atoms with Gasteiger partial charge in [0, 0.05) is 15.3 Å². The molecule has 1 aliphatic rings. The Morgan fingerprint density at radius 1 is 0.818 bits per heavy atom. The molecule has 0 aliphatic heterocycles. The third-order valence-corrected chi connectivity index (χ3v) is 5.15. The van der Waals surface area contributed by atoms with Gasteiger partial charge < -0.3 is 0 Å². The summed E-state index contributed by atoms with van der Waals surface area (Å²) in [6, 6.07) is 21.9. The maximum atomic E-state index is 4.41. The molecule has 3 aromatic rings. The fraction of sp³-hybridized carbons (Fsp3) is 0.100. The van der Waals surface area contributed by atoms with Crippen LogP contribution in [0.3, 0.4) is 0 Å². The predicted octanol–water partition coefficient (Wildman–Crippen LogP) is 6.21. The van der Waals surface area contributed by atoms with Crippen LogP contribution >= 0.6 is 28.6 Å². The fourth-order valence-corrected chi connectivity index (χ4v) is 3.91. The molecular formula is C20H15BrS. The Balaban J connectivity index is 1.99. The van der Waals surface area contributed by atoms with Gasteiger partial charge in [0.15, 0.2) is 0 Å². The lowest BCUT2D eigenvalue weighted by molar-refractivity contribution is 1.01. The van der Waals surface area contributed by atoms with E-state index in [0.29, 0.717) is 5.92 Å². The number of halogens is 1. The molecule has 0 nitrogen and oxygen atoms in total. The second-order valence-electron chi connectivity index (χ2n) is 5.85. The standard InChI is InChI=1S/C20H15BrS/c1-12-2-8-16-17-9-5-14(21)11-19(17)20(18(16)10-12)13-3-6-15(22)7-4-13/h2-11,20,22H,1H3. The molecule has 0 aromatic heterocycles. The molecule has 0 amide bonds. The Morgan fingerprint density at radius 3 is 2.18 bits per heavy atom. The van der Waals surface area contributed by atoms with Crippen molar-refractivity contribution < 1.29 is 0 Å². The number of fused-ring (bicyclic) bond motifs is 3. The van der Waals surface area contributed by atoms with Crippen molar-refractivity contribution in [1.82, 2.24) is 0 Å². The van der Waals surface area contributed by atoms with E-state index in [4.69, 9.17) is 0 Å². The largest absolute Gasteiger partial charge is 0.143 e. The van der Waals surface area contributed by atoms with E-state index in [0.717, 1.165) is 9.37 Å². The number of hydrogen-bond donors (Lipinski definition) is 1. The molecular weight excluding hydrogens is 352 g/mol. The lowest BCUT2D eigenvalue weighted by Gasteiger charge is -2.15. The summed E-state index contributed by atoms with van der Waals surface area (Å²) in [5, 5.41) is 0. The summed E-state index contributed by atoms with van der Waals surface area (Å²) in [5.41, 5.74) is 8.11. The van der Waals surface area contributed by atoms with Crippen LogP contribution < -0.4 is 0 Å². The Hall–Kier alpha value is -1.51. The van der Waals surface area contributed by atoms with Crippen molar-refractivity contribution in [3.8, 4) is 11.1 Å². The molecule has 0 heterocycles. The quantitative estimate of drug-likeness (QED) is 0.380. The minimum absolute atomic E-state index is 0.302. The molecule has 1 atom stereocenters. The van der Waals surface area contributed by atoms with Crippen LogP contribution in [0.2, 0.25) is 0 Å². The molecule has 3 aromatic carbocycles. The monoisotopic (exact) mass is 366 g/mol. The lowest BCUT2D eigenvalue weighted by atomic mass is 9.89. The van der Waals surface area contributed by atoms with Crippen molar-refractivity contribution in [3.05, 3.63) is 87.4 Å². The molecule has 0 bridgehead atoms. The van der Waals surface area contributed by atoms with Crippen molar-refractivity contribution in [2.45, 2.75) is 17.7 Å². The molecule has 22 heavy (non-hydrogen) atoms. The summed E-state index contributed by atoms with van der Waals surface area (Å²) in [5.74, 6) is 0.302. The van der Waals surface area contributed by atoms with Gasteiger partial charge in [-0.25, -0.2) is 0 Å². The molecule has 0 N–H and O–H groups in total. The van der Waals surface area contributed by atoms with Crippen LogP contribution in [0.5, 0.6) is 0 Å². The molecule has 4 rings (SSSR count). The van der Waals surface area contributed by atoms with Crippen LogP contribution in [0.1, 0.15) is 28.2 Å². The predicted molar refractivity (Wildman–Crippen MR) is 99.0 cm³/mol. The summed E-state index contributed by atoms with van der Waals surface area (Å²) in [6.07, 6.45) is 0. The van der Waals surface area contributed by atoms with E-state index >= 15 is 0 Å². The third kappa shape index (κ3) is 2.22. The van der Waals surface area contributed by atoms with Crippen molar-refractivity contribution >= 4 is 28.6 Å². The molecule has 0 saturated carbocycles. The Bertz CT molecular complexity index is 814. The molecule has 0 saturated heterocycles. The molecule has 2 heteroatoms. The number of aryl methyl sites for hydroxylation is 1. The zero-order chi connectivity index (χ0) is 15.3. The van der Waals surface area contributed by atoms with Crippen LogP contribution in [0, 0.1) is 6.92 Å². The second-order valence-corrected chi connectivity index (χ2v) is 7.28. The number of thiol groups is 1. The van der Waals surface area contributed by atoms with Gasteiger partial charge in [0.05, 0.1) is 0 Å². The Labute approximate surface area is 144 Å². The summed E-state index contributed by atoms with van der Waals surface area (Å²) in [6.45, 7) is 2.16. The van der Waals surface area contributed by atoms with Crippen LogP contribution in [-0.2, 0) is 0 Å². The Morgan fingerprint density at radius 2 is 1.45 bits per heavy atom. The van der Waals surface area contributed by atoms with Crippen LogP contribution in [0.15, 0.2) is 70.0 Å². The van der Waals surface area contributed by atoms with E-state index < -0.39 is 0 Å². The lowest BCUT2D eigenvalue weighted by Crippen LogP contribution is -1.99. The van der Waals surface area contributed by atoms with Gasteiger partial charge in [0.2, 0.25) is 0 Å². The molecule has 0 fully saturated rings. The minimum Gasteiger partial charge on any atom is -0.143 e. The van der Waals surface area contributed by atoms with Gasteiger partial charge in [-0.15, -0.1) is 12.6 Å². The molecule has 108 valence electrons. The minimum atomic E-state index is 0.302. The summed E-state index contributed by atoms with van der Waals surface area (Å²) in [4.78, 5) is 1.00.